The molecule has 0 spiro atoms. The highest BCUT2D eigenvalue weighted by molar-refractivity contribution is 5.82. The van der Waals surface area contributed by atoms with Gasteiger partial charge in [-0.3, -0.25) is 9.59 Å². The summed E-state index contributed by atoms with van der Waals surface area (Å²) in [6.07, 6.45) is 1.87. The lowest BCUT2D eigenvalue weighted by Gasteiger charge is -2.25. The number of ether oxygens (including phenoxy) is 3. The Kier molecular flexibility index (Phi) is 4.41. The molecule has 0 bridgehead atoms. The van der Waals surface area contributed by atoms with E-state index in [2.05, 4.69) is 0 Å². The van der Waals surface area contributed by atoms with Gasteiger partial charge >= 0.3 is 5.97 Å². The largest absolute Gasteiger partial charge is 0.469 e. The predicted molar refractivity (Wildman–Crippen MR) is 81.9 cm³/mol. The van der Waals surface area contributed by atoms with Gasteiger partial charge in [0, 0.05) is 19.0 Å². The molecule has 3 rings (SSSR count). The predicted octanol–water partition coefficient (Wildman–Crippen LogP) is 1.96. The Morgan fingerprint density at radius 1 is 1.30 bits per heavy atom. The van der Waals surface area contributed by atoms with Crippen molar-refractivity contribution in [3.63, 3.8) is 0 Å². The van der Waals surface area contributed by atoms with Crippen LogP contribution in [0.5, 0.6) is 11.5 Å². The van der Waals surface area contributed by atoms with Crippen molar-refractivity contribution in [3.8, 4) is 11.5 Å². The van der Waals surface area contributed by atoms with E-state index in [1.54, 1.807) is 11.8 Å². The van der Waals surface area contributed by atoms with Crippen LogP contribution in [-0.4, -0.2) is 37.2 Å². The maximum absolute atomic E-state index is 12.5. The lowest BCUT2D eigenvalue weighted by molar-refractivity contribution is -0.146. The average Bonchev–Trinajstić information content (AvgIpc) is 3.30. The smallest absolute Gasteiger partial charge is 0.310 e. The number of carbonyl (C=O) groups excluding carboxylic acids is 2. The zero-order valence-corrected chi connectivity index (χ0v) is 13.4. The van der Waals surface area contributed by atoms with E-state index in [-0.39, 0.29) is 30.5 Å². The van der Waals surface area contributed by atoms with Crippen molar-refractivity contribution >= 4 is 11.9 Å². The highest BCUT2D eigenvalue weighted by Gasteiger charge is 2.34. The second-order valence-corrected chi connectivity index (χ2v) is 6.10. The van der Waals surface area contributed by atoms with Gasteiger partial charge in [-0.2, -0.15) is 0 Å². The molecule has 0 N–H and O–H groups in total. The zero-order valence-electron chi connectivity index (χ0n) is 13.4. The Balaban J connectivity index is 1.72. The Hall–Kier alpha value is -2.24. The number of nitrogens with zero attached hydrogens (tertiary/aromatic N) is 1. The second-order valence-electron chi connectivity index (χ2n) is 6.10. The van der Waals surface area contributed by atoms with Crippen LogP contribution in [-0.2, 0) is 20.9 Å². The highest BCUT2D eigenvalue weighted by atomic mass is 16.7. The van der Waals surface area contributed by atoms with E-state index in [9.17, 15) is 9.59 Å². The summed E-state index contributed by atoms with van der Waals surface area (Å²) in [7, 11) is 1.36. The van der Waals surface area contributed by atoms with Crippen LogP contribution in [0.15, 0.2) is 18.2 Å². The fraction of sp³-hybridized carbons (Fsp3) is 0.529. The van der Waals surface area contributed by atoms with Crippen molar-refractivity contribution in [2.45, 2.75) is 26.3 Å². The summed E-state index contributed by atoms with van der Waals surface area (Å²) in [5.74, 6) is 0.979. The molecule has 6 nitrogen and oxygen atoms in total. The number of benzene rings is 1. The quantitative estimate of drug-likeness (QED) is 0.750. The molecule has 0 saturated heterocycles. The standard InChI is InChI=1S/C17H21NO5/c1-11(17(20)21-2)8-18(16(19)13-4-5-13)9-12-3-6-14-15(7-12)23-10-22-14/h3,6-7,11,13H,4-5,8-10H2,1-2H3. The molecule has 1 aromatic carbocycles. The van der Waals surface area contributed by atoms with Gasteiger partial charge in [0.15, 0.2) is 11.5 Å². The van der Waals surface area contributed by atoms with Crippen molar-refractivity contribution < 1.29 is 23.8 Å². The number of esters is 1. The summed E-state index contributed by atoms with van der Waals surface area (Å²) in [5, 5.41) is 0. The van der Waals surface area contributed by atoms with Crippen LogP contribution in [0, 0.1) is 11.8 Å². The summed E-state index contributed by atoms with van der Waals surface area (Å²) in [6, 6.07) is 5.66. The van der Waals surface area contributed by atoms with E-state index in [1.807, 2.05) is 18.2 Å². The number of fused-ring (bicyclic) bond motifs is 1. The van der Waals surface area contributed by atoms with Crippen LogP contribution in [0.3, 0.4) is 0 Å². The molecule has 1 amide bonds. The number of hydrogen-bond donors (Lipinski definition) is 0. The lowest BCUT2D eigenvalue weighted by atomic mass is 10.1. The third-order valence-corrected chi connectivity index (χ3v) is 4.15. The van der Waals surface area contributed by atoms with Crippen LogP contribution >= 0.6 is 0 Å². The van der Waals surface area contributed by atoms with Gasteiger partial charge in [-0.15, -0.1) is 0 Å². The monoisotopic (exact) mass is 319 g/mol. The molecule has 1 heterocycles. The minimum Gasteiger partial charge on any atom is -0.469 e. The Morgan fingerprint density at radius 3 is 2.74 bits per heavy atom. The number of rotatable bonds is 6. The Labute approximate surface area is 135 Å². The van der Waals surface area contributed by atoms with Crippen molar-refractivity contribution in [2.24, 2.45) is 11.8 Å². The van der Waals surface area contributed by atoms with Crippen LogP contribution in [0.25, 0.3) is 0 Å². The summed E-state index contributed by atoms with van der Waals surface area (Å²) in [5.41, 5.74) is 0.959. The SMILES string of the molecule is COC(=O)C(C)CN(Cc1ccc2c(c1)OCO2)C(=O)C1CC1. The molecular formula is C17H21NO5. The van der Waals surface area contributed by atoms with Crippen molar-refractivity contribution in [1.29, 1.82) is 0 Å². The van der Waals surface area contributed by atoms with Gasteiger partial charge in [-0.25, -0.2) is 0 Å². The minimum atomic E-state index is -0.350. The summed E-state index contributed by atoms with van der Waals surface area (Å²) in [6.45, 7) is 2.81. The summed E-state index contributed by atoms with van der Waals surface area (Å²) in [4.78, 5) is 25.9. The average molecular weight is 319 g/mol. The molecule has 23 heavy (non-hydrogen) atoms. The number of methoxy groups -OCH3 is 1. The topological polar surface area (TPSA) is 65.1 Å². The third kappa shape index (κ3) is 3.57. The van der Waals surface area contributed by atoms with E-state index in [1.165, 1.54) is 7.11 Å². The van der Waals surface area contributed by atoms with Crippen LogP contribution < -0.4 is 9.47 Å². The molecule has 1 unspecified atom stereocenters. The zero-order chi connectivity index (χ0) is 16.4. The van der Waals surface area contributed by atoms with Gasteiger partial charge < -0.3 is 19.1 Å². The Morgan fingerprint density at radius 2 is 2.04 bits per heavy atom. The molecule has 124 valence electrons. The van der Waals surface area contributed by atoms with Crippen molar-refractivity contribution in [3.05, 3.63) is 23.8 Å². The summed E-state index contributed by atoms with van der Waals surface area (Å²) >= 11 is 0. The number of amides is 1. The van der Waals surface area contributed by atoms with Crippen molar-refractivity contribution in [1.82, 2.24) is 4.90 Å². The lowest BCUT2D eigenvalue weighted by Crippen LogP contribution is -2.37. The van der Waals surface area contributed by atoms with Crippen LogP contribution in [0.4, 0.5) is 0 Å². The molecule has 2 aliphatic rings. The molecule has 0 aromatic heterocycles. The number of carbonyl (C=O) groups is 2. The van der Waals surface area contributed by atoms with Gasteiger partial charge in [-0.1, -0.05) is 13.0 Å². The second kappa shape index (κ2) is 6.48. The van der Waals surface area contributed by atoms with E-state index < -0.39 is 0 Å². The maximum Gasteiger partial charge on any atom is 0.310 e. The maximum atomic E-state index is 12.5. The normalized spacial score (nSPS) is 16.8. The van der Waals surface area contributed by atoms with E-state index in [0.29, 0.717) is 18.8 Å². The van der Waals surface area contributed by atoms with Crippen molar-refractivity contribution in [2.75, 3.05) is 20.4 Å². The highest BCUT2D eigenvalue weighted by Crippen LogP contribution is 2.34. The fourth-order valence-electron chi connectivity index (χ4n) is 2.69. The van der Waals surface area contributed by atoms with E-state index >= 15 is 0 Å². The third-order valence-electron chi connectivity index (χ3n) is 4.15. The number of hydrogen-bond acceptors (Lipinski definition) is 5. The van der Waals surface area contributed by atoms with E-state index in [0.717, 1.165) is 24.2 Å². The van der Waals surface area contributed by atoms with Gasteiger partial charge in [-0.05, 0) is 30.5 Å². The van der Waals surface area contributed by atoms with Gasteiger partial charge in [0.1, 0.15) is 0 Å². The first-order valence-electron chi connectivity index (χ1n) is 7.83. The molecule has 1 saturated carbocycles. The van der Waals surface area contributed by atoms with Crippen LogP contribution in [0.1, 0.15) is 25.3 Å². The molecule has 0 radical (unpaired) electrons. The Bertz CT molecular complexity index is 611. The molecule has 1 aliphatic heterocycles. The molecule has 1 aliphatic carbocycles. The first kappa shape index (κ1) is 15.6. The summed E-state index contributed by atoms with van der Waals surface area (Å²) < 4.78 is 15.4. The first-order chi connectivity index (χ1) is 11.1. The molecule has 1 fully saturated rings. The fourth-order valence-corrected chi connectivity index (χ4v) is 2.69. The molecule has 6 heteroatoms. The molecule has 1 aromatic rings. The first-order valence-corrected chi connectivity index (χ1v) is 7.83. The van der Waals surface area contributed by atoms with Gasteiger partial charge in [0.2, 0.25) is 12.7 Å². The van der Waals surface area contributed by atoms with Crippen LogP contribution in [0.2, 0.25) is 0 Å². The molecular weight excluding hydrogens is 298 g/mol. The van der Waals surface area contributed by atoms with Gasteiger partial charge in [0.05, 0.1) is 13.0 Å². The van der Waals surface area contributed by atoms with E-state index in [4.69, 9.17) is 14.2 Å². The molecule has 1 atom stereocenters. The minimum absolute atomic E-state index is 0.105. The van der Waals surface area contributed by atoms with Gasteiger partial charge in [0.25, 0.3) is 0 Å².